The molecule has 2 atom stereocenters. The van der Waals surface area contributed by atoms with E-state index in [0.717, 1.165) is 42.5 Å². The summed E-state index contributed by atoms with van der Waals surface area (Å²) in [5, 5.41) is 15.1. The highest BCUT2D eigenvalue weighted by molar-refractivity contribution is 6.33. The van der Waals surface area contributed by atoms with Crippen LogP contribution in [-0.2, 0) is 11.2 Å². The monoisotopic (exact) mass is 534 g/mol. The summed E-state index contributed by atoms with van der Waals surface area (Å²) in [5.41, 5.74) is 4.10. The SMILES string of the molecule is CCc1cccc(-c2c(Cl)cccc2C(O)CCCN(C(=O)OC(=O)c2ccccc2)C2CCCNC2)c1. The molecule has 0 aliphatic carbocycles. The molecular weight excluding hydrogens is 500 g/mol. The molecule has 3 aromatic rings. The summed E-state index contributed by atoms with van der Waals surface area (Å²) in [6.45, 7) is 4.01. The Kier molecular flexibility index (Phi) is 9.93. The number of hydrogen-bond acceptors (Lipinski definition) is 5. The Morgan fingerprint density at radius 1 is 1.11 bits per heavy atom. The van der Waals surface area contributed by atoms with Gasteiger partial charge in [0.05, 0.1) is 11.7 Å². The molecule has 0 spiro atoms. The van der Waals surface area contributed by atoms with Crippen LogP contribution in [0.2, 0.25) is 5.02 Å². The second kappa shape index (κ2) is 13.6. The maximum Gasteiger partial charge on any atom is 0.418 e. The Hall–Kier alpha value is -3.19. The number of aryl methyl sites for hydroxylation is 1. The number of rotatable bonds is 9. The standard InChI is InChI=1S/C31H35ClN2O4/c1-2-22-10-6-13-24(20-22)29-26(15-7-16-27(29)32)28(35)17-9-19-34(25-14-8-18-33-21-25)31(37)38-30(36)23-11-4-3-5-12-23/h3-7,10-13,15-16,20,25,28,33,35H,2,8-9,14,17-19,21H2,1H3. The molecule has 4 rings (SSSR count). The number of carbonyl (C=O) groups is 2. The second-order valence-electron chi connectivity index (χ2n) is 9.63. The first-order valence-corrected chi connectivity index (χ1v) is 13.7. The number of aliphatic hydroxyl groups is 1. The van der Waals surface area contributed by atoms with Crippen molar-refractivity contribution in [3.05, 3.63) is 94.5 Å². The van der Waals surface area contributed by atoms with Crippen molar-refractivity contribution in [3.63, 3.8) is 0 Å². The first kappa shape index (κ1) is 27.8. The van der Waals surface area contributed by atoms with E-state index in [4.69, 9.17) is 16.3 Å². The van der Waals surface area contributed by atoms with Gasteiger partial charge in [0.25, 0.3) is 0 Å². The number of nitrogens with zero attached hydrogens (tertiary/aromatic N) is 1. The fourth-order valence-electron chi connectivity index (χ4n) is 4.97. The summed E-state index contributed by atoms with van der Waals surface area (Å²) in [7, 11) is 0. The maximum absolute atomic E-state index is 13.1. The van der Waals surface area contributed by atoms with Crippen molar-refractivity contribution in [1.82, 2.24) is 10.2 Å². The lowest BCUT2D eigenvalue weighted by molar-refractivity contribution is 0.0477. The normalized spacial score (nSPS) is 16.0. The van der Waals surface area contributed by atoms with Gasteiger partial charge in [-0.2, -0.15) is 0 Å². The van der Waals surface area contributed by atoms with Crippen LogP contribution in [0.5, 0.6) is 0 Å². The molecule has 1 aliphatic rings. The number of aliphatic hydroxyl groups excluding tert-OH is 1. The van der Waals surface area contributed by atoms with E-state index in [9.17, 15) is 14.7 Å². The van der Waals surface area contributed by atoms with E-state index in [0.29, 0.717) is 36.5 Å². The lowest BCUT2D eigenvalue weighted by atomic mass is 9.93. The quantitative estimate of drug-likeness (QED) is 0.245. The largest absolute Gasteiger partial charge is 0.418 e. The Morgan fingerprint density at radius 3 is 2.63 bits per heavy atom. The smallest absolute Gasteiger partial charge is 0.388 e. The summed E-state index contributed by atoms with van der Waals surface area (Å²) in [6, 6.07) is 22.2. The zero-order valence-electron chi connectivity index (χ0n) is 21.7. The van der Waals surface area contributed by atoms with Gasteiger partial charge in [0, 0.05) is 29.7 Å². The predicted octanol–water partition coefficient (Wildman–Crippen LogP) is 6.41. The van der Waals surface area contributed by atoms with Crippen LogP contribution < -0.4 is 5.32 Å². The van der Waals surface area contributed by atoms with Gasteiger partial charge in [-0.1, -0.05) is 73.1 Å². The van der Waals surface area contributed by atoms with Crippen LogP contribution in [0.4, 0.5) is 4.79 Å². The van der Waals surface area contributed by atoms with Crippen LogP contribution >= 0.6 is 11.6 Å². The van der Waals surface area contributed by atoms with Crippen molar-refractivity contribution in [2.24, 2.45) is 0 Å². The lowest BCUT2D eigenvalue weighted by Crippen LogP contribution is -2.49. The molecule has 3 aromatic carbocycles. The number of amides is 1. The van der Waals surface area contributed by atoms with Gasteiger partial charge in [-0.3, -0.25) is 0 Å². The van der Waals surface area contributed by atoms with Gasteiger partial charge in [0.2, 0.25) is 0 Å². The van der Waals surface area contributed by atoms with Crippen molar-refractivity contribution in [1.29, 1.82) is 0 Å². The number of piperidine rings is 1. The molecule has 1 amide bonds. The third-order valence-corrected chi connectivity index (χ3v) is 7.36. The van der Waals surface area contributed by atoms with E-state index in [2.05, 4.69) is 24.4 Å². The van der Waals surface area contributed by atoms with Gasteiger partial charge in [0.1, 0.15) is 0 Å². The van der Waals surface area contributed by atoms with E-state index in [1.165, 1.54) is 5.56 Å². The van der Waals surface area contributed by atoms with Crippen LogP contribution in [0.1, 0.15) is 60.2 Å². The van der Waals surface area contributed by atoms with E-state index >= 15 is 0 Å². The van der Waals surface area contributed by atoms with E-state index in [1.807, 2.05) is 30.3 Å². The van der Waals surface area contributed by atoms with Crippen LogP contribution in [0.3, 0.4) is 0 Å². The molecule has 6 nitrogen and oxygen atoms in total. The van der Waals surface area contributed by atoms with Crippen LogP contribution in [0.15, 0.2) is 72.8 Å². The predicted molar refractivity (Wildman–Crippen MR) is 150 cm³/mol. The summed E-state index contributed by atoms with van der Waals surface area (Å²) in [5.74, 6) is -0.665. The number of halogens is 1. The van der Waals surface area contributed by atoms with Crippen molar-refractivity contribution in [2.75, 3.05) is 19.6 Å². The summed E-state index contributed by atoms with van der Waals surface area (Å²) in [4.78, 5) is 27.2. The van der Waals surface area contributed by atoms with Crippen molar-refractivity contribution >= 4 is 23.7 Å². The minimum Gasteiger partial charge on any atom is -0.388 e. The Labute approximate surface area is 229 Å². The number of hydrogen-bond donors (Lipinski definition) is 2. The molecule has 1 heterocycles. The second-order valence-corrected chi connectivity index (χ2v) is 10.0. The molecule has 2 N–H and O–H groups in total. The number of nitrogens with one attached hydrogen (secondary N) is 1. The Bertz CT molecular complexity index is 1230. The van der Waals surface area contributed by atoms with E-state index in [1.54, 1.807) is 35.2 Å². The zero-order chi connectivity index (χ0) is 26.9. The molecular formula is C31H35ClN2O4. The first-order chi connectivity index (χ1) is 18.5. The molecule has 200 valence electrons. The topological polar surface area (TPSA) is 78.9 Å². The average Bonchev–Trinajstić information content (AvgIpc) is 2.96. The Morgan fingerprint density at radius 2 is 1.89 bits per heavy atom. The molecule has 38 heavy (non-hydrogen) atoms. The third kappa shape index (κ3) is 7.01. The number of benzene rings is 3. The molecule has 1 aliphatic heterocycles. The summed E-state index contributed by atoms with van der Waals surface area (Å²) >= 11 is 6.61. The fourth-order valence-corrected chi connectivity index (χ4v) is 5.26. The van der Waals surface area contributed by atoms with Crippen LogP contribution in [-0.4, -0.2) is 47.7 Å². The first-order valence-electron chi connectivity index (χ1n) is 13.3. The Balaban J connectivity index is 1.45. The van der Waals surface area contributed by atoms with Crippen LogP contribution in [0.25, 0.3) is 11.1 Å². The highest BCUT2D eigenvalue weighted by Crippen LogP contribution is 2.36. The molecule has 0 radical (unpaired) electrons. The molecule has 7 heteroatoms. The summed E-state index contributed by atoms with van der Waals surface area (Å²) < 4.78 is 5.25. The van der Waals surface area contributed by atoms with Gasteiger partial charge in [-0.15, -0.1) is 0 Å². The van der Waals surface area contributed by atoms with Crippen molar-refractivity contribution in [2.45, 2.75) is 51.2 Å². The van der Waals surface area contributed by atoms with Gasteiger partial charge in [0.15, 0.2) is 0 Å². The van der Waals surface area contributed by atoms with Crippen LogP contribution in [0, 0.1) is 0 Å². The fraction of sp³-hybridized carbons (Fsp3) is 0.355. The average molecular weight is 535 g/mol. The van der Waals surface area contributed by atoms with Gasteiger partial charge >= 0.3 is 12.1 Å². The number of ether oxygens (including phenoxy) is 1. The van der Waals surface area contributed by atoms with Crippen molar-refractivity contribution < 1.29 is 19.4 Å². The molecule has 1 fully saturated rings. The molecule has 0 aromatic heterocycles. The van der Waals surface area contributed by atoms with Crippen molar-refractivity contribution in [3.8, 4) is 11.1 Å². The maximum atomic E-state index is 13.1. The number of carbonyl (C=O) groups excluding carboxylic acids is 2. The third-order valence-electron chi connectivity index (χ3n) is 7.04. The van der Waals surface area contributed by atoms with Gasteiger partial charge in [-0.05, 0) is 73.5 Å². The lowest BCUT2D eigenvalue weighted by Gasteiger charge is -2.34. The van der Waals surface area contributed by atoms with Gasteiger partial charge < -0.3 is 20.1 Å². The highest BCUT2D eigenvalue weighted by Gasteiger charge is 2.28. The van der Waals surface area contributed by atoms with E-state index < -0.39 is 18.2 Å². The zero-order valence-corrected chi connectivity index (χ0v) is 22.5. The molecule has 0 bridgehead atoms. The molecule has 0 saturated carbocycles. The number of esters is 1. The minimum absolute atomic E-state index is 0.0736. The highest BCUT2D eigenvalue weighted by atomic mass is 35.5. The molecule has 1 saturated heterocycles. The van der Waals surface area contributed by atoms with Gasteiger partial charge in [-0.25, -0.2) is 9.59 Å². The minimum atomic E-state index is -0.762. The van der Waals surface area contributed by atoms with E-state index in [-0.39, 0.29) is 6.04 Å². The molecule has 2 unspecified atom stereocenters. The summed E-state index contributed by atoms with van der Waals surface area (Å²) in [6.07, 6.45) is 2.22.